The first kappa shape index (κ1) is 21.7. The second-order valence-electron chi connectivity index (χ2n) is 8.69. The maximum atomic E-state index is 12.3. The topological polar surface area (TPSA) is 80.5 Å². The third-order valence-corrected chi connectivity index (χ3v) is 6.26. The highest BCUT2D eigenvalue weighted by Gasteiger charge is 2.23. The molecule has 5 rings (SSSR count). The van der Waals surface area contributed by atoms with Crippen molar-refractivity contribution >= 4 is 45.2 Å². The average molecular weight is 465 g/mol. The molecule has 2 aromatic heterocycles. The average Bonchev–Trinajstić information content (AvgIpc) is 3.15. The zero-order valence-electron chi connectivity index (χ0n) is 18.6. The van der Waals surface area contributed by atoms with Crippen LogP contribution in [-0.2, 0) is 11.2 Å². The van der Waals surface area contributed by atoms with Crippen LogP contribution in [-0.4, -0.2) is 51.9 Å². The van der Waals surface area contributed by atoms with Gasteiger partial charge in [0.15, 0.2) is 0 Å². The van der Waals surface area contributed by atoms with Crippen LogP contribution in [0.25, 0.3) is 27.6 Å². The molecule has 1 fully saturated rings. The number of carbonyl (C=O) groups is 1. The minimum atomic E-state index is -0.988. The predicted molar refractivity (Wildman–Crippen MR) is 130 cm³/mol. The van der Waals surface area contributed by atoms with Crippen molar-refractivity contribution in [2.24, 2.45) is 5.92 Å². The van der Waals surface area contributed by atoms with E-state index in [4.69, 9.17) is 21.3 Å². The van der Waals surface area contributed by atoms with E-state index in [-0.39, 0.29) is 5.56 Å². The van der Waals surface area contributed by atoms with Gasteiger partial charge in [0.05, 0.1) is 40.5 Å². The number of carboxylic acids is 1. The van der Waals surface area contributed by atoms with Crippen LogP contribution < -0.4 is 4.90 Å². The third-order valence-electron chi connectivity index (χ3n) is 5.95. The first-order chi connectivity index (χ1) is 15.9. The van der Waals surface area contributed by atoms with Gasteiger partial charge in [-0.3, -0.25) is 9.55 Å². The van der Waals surface area contributed by atoms with Crippen molar-refractivity contribution in [2.75, 3.05) is 31.2 Å². The highest BCUT2D eigenvalue weighted by molar-refractivity contribution is 6.35. The molecule has 0 atom stereocenters. The van der Waals surface area contributed by atoms with E-state index in [1.165, 1.54) is 0 Å². The van der Waals surface area contributed by atoms with E-state index in [0.717, 1.165) is 28.1 Å². The Balaban J connectivity index is 1.84. The van der Waals surface area contributed by atoms with Crippen molar-refractivity contribution in [2.45, 2.75) is 20.3 Å². The molecule has 7 nitrogen and oxygen atoms in total. The number of para-hydroxylation sites is 1. The smallest absolute Gasteiger partial charge is 0.338 e. The summed E-state index contributed by atoms with van der Waals surface area (Å²) < 4.78 is 7.57. The number of halogens is 1. The molecule has 1 aliphatic rings. The van der Waals surface area contributed by atoms with Gasteiger partial charge in [-0.25, -0.2) is 9.78 Å². The van der Waals surface area contributed by atoms with E-state index < -0.39 is 5.97 Å². The number of hydrogen-bond donors (Lipinski definition) is 1. The SMILES string of the molecule is CC(C)Cc1nc2c(C(=O)O)cc(N3CCOCC3)cc2n1-c1ccnc2c(Cl)cccc12. The lowest BCUT2D eigenvalue weighted by atomic mass is 10.1. The van der Waals surface area contributed by atoms with Gasteiger partial charge in [0.25, 0.3) is 0 Å². The number of aromatic nitrogens is 3. The summed E-state index contributed by atoms with van der Waals surface area (Å²) in [5.74, 6) is 0.164. The molecule has 1 N–H and O–H groups in total. The number of pyridine rings is 1. The molecule has 4 aromatic rings. The fraction of sp³-hybridized carbons (Fsp3) is 0.320. The number of rotatable bonds is 5. The fourth-order valence-electron chi connectivity index (χ4n) is 4.47. The molecule has 1 aliphatic heterocycles. The fourth-order valence-corrected chi connectivity index (χ4v) is 4.69. The molecule has 33 heavy (non-hydrogen) atoms. The quantitative estimate of drug-likeness (QED) is 0.449. The Morgan fingerprint density at radius 2 is 1.97 bits per heavy atom. The van der Waals surface area contributed by atoms with Crippen LogP contribution >= 0.6 is 11.6 Å². The third kappa shape index (κ3) is 3.92. The van der Waals surface area contributed by atoms with Gasteiger partial charge in [-0.1, -0.05) is 37.6 Å². The second-order valence-corrected chi connectivity index (χ2v) is 9.10. The Hall–Kier alpha value is -3.16. The second kappa shape index (κ2) is 8.65. The van der Waals surface area contributed by atoms with Crippen LogP contribution in [0, 0.1) is 5.92 Å². The number of anilines is 1. The first-order valence-corrected chi connectivity index (χ1v) is 11.5. The molecule has 3 heterocycles. The lowest BCUT2D eigenvalue weighted by molar-refractivity contribution is 0.0699. The summed E-state index contributed by atoms with van der Waals surface area (Å²) in [5.41, 5.74) is 3.90. The van der Waals surface area contributed by atoms with E-state index in [1.807, 2.05) is 30.3 Å². The Morgan fingerprint density at radius 1 is 1.18 bits per heavy atom. The molecule has 1 saturated heterocycles. The molecule has 0 saturated carbocycles. The molecule has 2 aromatic carbocycles. The van der Waals surface area contributed by atoms with Crippen molar-refractivity contribution in [1.82, 2.24) is 14.5 Å². The number of benzene rings is 2. The standard InChI is InChI=1S/C25H25ClN4O3/c1-15(2)12-22-28-24-18(25(31)32)13-16(29-8-10-33-11-9-29)14-21(24)30(22)20-6-7-27-23-17(20)4-3-5-19(23)26/h3-7,13-15H,8-12H2,1-2H3,(H,31,32). The predicted octanol–water partition coefficient (Wildman–Crippen LogP) is 4.96. The molecule has 0 aliphatic carbocycles. The van der Waals surface area contributed by atoms with E-state index in [2.05, 4.69) is 28.3 Å². The molecular formula is C25H25ClN4O3. The summed E-state index contributed by atoms with van der Waals surface area (Å²) in [6.07, 6.45) is 2.43. The van der Waals surface area contributed by atoms with Gasteiger partial charge in [-0.2, -0.15) is 0 Å². The summed E-state index contributed by atoms with van der Waals surface area (Å²) in [6, 6.07) is 11.4. The largest absolute Gasteiger partial charge is 0.478 e. The van der Waals surface area contributed by atoms with Crippen LogP contribution in [0.5, 0.6) is 0 Å². The number of fused-ring (bicyclic) bond motifs is 2. The zero-order valence-corrected chi connectivity index (χ0v) is 19.3. The summed E-state index contributed by atoms with van der Waals surface area (Å²) in [4.78, 5) is 23.8. The van der Waals surface area contributed by atoms with Gasteiger partial charge in [0.1, 0.15) is 11.3 Å². The Morgan fingerprint density at radius 3 is 2.70 bits per heavy atom. The molecule has 8 heteroatoms. The minimum Gasteiger partial charge on any atom is -0.478 e. The number of hydrogen-bond acceptors (Lipinski definition) is 5. The Kier molecular flexibility index (Phi) is 5.68. The van der Waals surface area contributed by atoms with Gasteiger partial charge in [-0.15, -0.1) is 0 Å². The number of imidazole rings is 1. The first-order valence-electron chi connectivity index (χ1n) is 11.1. The van der Waals surface area contributed by atoms with E-state index in [1.54, 1.807) is 12.3 Å². The van der Waals surface area contributed by atoms with E-state index in [9.17, 15) is 9.90 Å². The van der Waals surface area contributed by atoms with Gasteiger partial charge in [-0.05, 0) is 30.2 Å². The normalized spacial score (nSPS) is 14.5. The minimum absolute atomic E-state index is 0.203. The van der Waals surface area contributed by atoms with Gasteiger partial charge in [0, 0.05) is 36.8 Å². The Bertz CT molecular complexity index is 1360. The molecule has 170 valence electrons. The van der Waals surface area contributed by atoms with Gasteiger partial charge < -0.3 is 14.7 Å². The molecular weight excluding hydrogens is 440 g/mol. The monoisotopic (exact) mass is 464 g/mol. The van der Waals surface area contributed by atoms with Crippen LogP contribution in [0.2, 0.25) is 5.02 Å². The number of aromatic carboxylic acids is 1. The molecule has 0 unspecified atom stereocenters. The number of morpholine rings is 1. The van der Waals surface area contributed by atoms with Crippen molar-refractivity contribution in [3.63, 3.8) is 0 Å². The summed E-state index contributed by atoms with van der Waals surface area (Å²) >= 11 is 6.44. The van der Waals surface area contributed by atoms with Gasteiger partial charge >= 0.3 is 5.97 Å². The molecule has 0 amide bonds. The van der Waals surface area contributed by atoms with E-state index in [0.29, 0.717) is 54.7 Å². The Labute approximate surface area is 196 Å². The number of nitrogens with zero attached hydrogens (tertiary/aromatic N) is 4. The van der Waals surface area contributed by atoms with Crippen LogP contribution in [0.4, 0.5) is 5.69 Å². The van der Waals surface area contributed by atoms with Crippen LogP contribution in [0.15, 0.2) is 42.6 Å². The van der Waals surface area contributed by atoms with Crippen molar-refractivity contribution < 1.29 is 14.6 Å². The zero-order chi connectivity index (χ0) is 23.1. The highest BCUT2D eigenvalue weighted by atomic mass is 35.5. The maximum absolute atomic E-state index is 12.3. The maximum Gasteiger partial charge on any atom is 0.338 e. The van der Waals surface area contributed by atoms with Crippen molar-refractivity contribution in [3.8, 4) is 5.69 Å². The van der Waals surface area contributed by atoms with Crippen LogP contribution in [0.3, 0.4) is 0 Å². The highest BCUT2D eigenvalue weighted by Crippen LogP contribution is 2.34. The summed E-state index contributed by atoms with van der Waals surface area (Å²) in [5, 5.41) is 11.5. The molecule has 0 radical (unpaired) electrons. The lowest BCUT2D eigenvalue weighted by Gasteiger charge is -2.29. The van der Waals surface area contributed by atoms with Crippen LogP contribution in [0.1, 0.15) is 30.0 Å². The number of carboxylic acid groups (broad SMARTS) is 1. The molecule has 0 bridgehead atoms. The summed E-state index contributed by atoms with van der Waals surface area (Å²) in [6.45, 7) is 6.92. The van der Waals surface area contributed by atoms with E-state index >= 15 is 0 Å². The van der Waals surface area contributed by atoms with Crippen molar-refractivity contribution in [3.05, 3.63) is 59.0 Å². The van der Waals surface area contributed by atoms with Crippen molar-refractivity contribution in [1.29, 1.82) is 0 Å². The number of ether oxygens (including phenoxy) is 1. The molecule has 0 spiro atoms. The lowest BCUT2D eigenvalue weighted by Crippen LogP contribution is -2.36. The summed E-state index contributed by atoms with van der Waals surface area (Å²) in [7, 11) is 0. The van der Waals surface area contributed by atoms with Gasteiger partial charge in [0.2, 0.25) is 0 Å².